The summed E-state index contributed by atoms with van der Waals surface area (Å²) in [6.45, 7) is 2.31. The second kappa shape index (κ2) is 12.0. The number of rotatable bonds is 7. The average Bonchev–Trinajstić information content (AvgIpc) is 2.92. The molecule has 0 saturated carbocycles. The van der Waals surface area contributed by atoms with Gasteiger partial charge in [-0.05, 0) is 66.6 Å². The molecule has 0 bridgehead atoms. The third-order valence-corrected chi connectivity index (χ3v) is 8.70. The second-order valence-electron chi connectivity index (χ2n) is 10.4. The molecule has 1 fully saturated rings. The van der Waals surface area contributed by atoms with Crippen LogP contribution in [0.1, 0.15) is 41.9 Å². The van der Waals surface area contributed by atoms with Crippen LogP contribution in [0.5, 0.6) is 0 Å². The maximum Gasteiger partial charge on any atom is 0.412 e. The van der Waals surface area contributed by atoms with Gasteiger partial charge in [0.1, 0.15) is 11.4 Å². The van der Waals surface area contributed by atoms with Crippen molar-refractivity contribution in [3.63, 3.8) is 0 Å². The van der Waals surface area contributed by atoms with Crippen molar-refractivity contribution < 1.29 is 18.7 Å². The molecule has 3 aromatic carbocycles. The van der Waals surface area contributed by atoms with E-state index in [9.17, 15) is 14.0 Å². The fraction of sp³-hybridized carbons (Fsp3) is 0.333. The lowest BCUT2D eigenvalue weighted by atomic mass is 9.82. The van der Waals surface area contributed by atoms with E-state index in [1.807, 2.05) is 24.3 Å². The molecule has 5 rings (SSSR count). The van der Waals surface area contributed by atoms with E-state index in [0.29, 0.717) is 71.8 Å². The molecule has 1 spiro atoms. The van der Waals surface area contributed by atoms with Crippen molar-refractivity contribution in [1.29, 1.82) is 0 Å². The van der Waals surface area contributed by atoms with Gasteiger partial charge in [-0.1, -0.05) is 53.0 Å². The Morgan fingerprint density at radius 3 is 2.58 bits per heavy atom. The number of likely N-dealkylation sites (N-methyl/N-ethyl adjacent to an activating group) is 1. The summed E-state index contributed by atoms with van der Waals surface area (Å²) in [7, 11) is 1.78. The topological polar surface area (TPSA) is 61.9 Å². The highest BCUT2D eigenvalue weighted by atomic mass is 35.5. The van der Waals surface area contributed by atoms with Gasteiger partial charge in [-0.25, -0.2) is 9.18 Å². The first-order valence-electron chi connectivity index (χ1n) is 13.1. The van der Waals surface area contributed by atoms with Gasteiger partial charge in [-0.15, -0.1) is 0 Å². The highest BCUT2D eigenvalue weighted by Gasteiger charge is 2.44. The molecule has 1 N–H and O–H groups in total. The Bertz CT molecular complexity index is 1430. The van der Waals surface area contributed by atoms with Crippen LogP contribution in [0.25, 0.3) is 0 Å². The van der Waals surface area contributed by atoms with E-state index in [4.69, 9.17) is 39.5 Å². The summed E-state index contributed by atoms with van der Waals surface area (Å²) < 4.78 is 19.8. The van der Waals surface area contributed by atoms with Crippen molar-refractivity contribution in [2.75, 3.05) is 32.0 Å². The quantitative estimate of drug-likeness (QED) is 0.304. The second-order valence-corrected chi connectivity index (χ2v) is 11.6. The van der Waals surface area contributed by atoms with Crippen LogP contribution in [0.4, 0.5) is 14.9 Å². The highest BCUT2D eigenvalue weighted by Crippen LogP contribution is 2.44. The number of piperidine rings is 1. The molecule has 3 aromatic rings. The van der Waals surface area contributed by atoms with Crippen LogP contribution < -0.4 is 5.32 Å². The molecule has 2 amide bonds. The van der Waals surface area contributed by atoms with Crippen LogP contribution in [-0.4, -0.2) is 48.5 Å². The number of carbonyl (C=O) groups excluding carboxylic acids is 2. The monoisotopic (exact) mass is 603 g/mol. The van der Waals surface area contributed by atoms with Crippen molar-refractivity contribution >= 4 is 52.5 Å². The molecule has 6 nitrogen and oxygen atoms in total. The number of ether oxygens (including phenoxy) is 1. The molecular weight excluding hydrogens is 576 g/mol. The summed E-state index contributed by atoms with van der Waals surface area (Å²) in [6.07, 6.45) is 1.07. The predicted molar refractivity (Wildman–Crippen MR) is 156 cm³/mol. The number of hydrogen-bond acceptors (Lipinski definition) is 4. The van der Waals surface area contributed by atoms with Crippen LogP contribution in [-0.2, 0) is 21.7 Å². The lowest BCUT2D eigenvalue weighted by Gasteiger charge is -2.44. The molecule has 40 heavy (non-hydrogen) atoms. The first-order valence-corrected chi connectivity index (χ1v) is 14.2. The number of likely N-dealkylation sites (tertiary alicyclic amines) is 1. The summed E-state index contributed by atoms with van der Waals surface area (Å²) >= 11 is 18.6. The Morgan fingerprint density at radius 2 is 1.85 bits per heavy atom. The average molecular weight is 605 g/mol. The van der Waals surface area contributed by atoms with Crippen LogP contribution in [0.2, 0.25) is 15.1 Å². The van der Waals surface area contributed by atoms with Crippen LogP contribution >= 0.6 is 34.8 Å². The van der Waals surface area contributed by atoms with E-state index in [0.717, 1.165) is 11.1 Å². The Hall–Kier alpha value is -2.84. The lowest BCUT2D eigenvalue weighted by molar-refractivity contribution is -0.132. The number of benzene rings is 3. The maximum atomic E-state index is 14.1. The molecule has 1 atom stereocenters. The number of nitrogens with zero attached hydrogens (tertiary/aromatic N) is 2. The molecule has 2 aliphatic rings. The van der Waals surface area contributed by atoms with Crippen LogP contribution in [0.15, 0.2) is 60.7 Å². The van der Waals surface area contributed by atoms with Crippen molar-refractivity contribution in [2.24, 2.45) is 0 Å². The van der Waals surface area contributed by atoms with Crippen LogP contribution in [0.3, 0.4) is 0 Å². The van der Waals surface area contributed by atoms with Gasteiger partial charge in [0, 0.05) is 50.1 Å². The molecule has 10 heteroatoms. The van der Waals surface area contributed by atoms with Gasteiger partial charge in [-0.2, -0.15) is 0 Å². The molecular formula is C30H29Cl3FN3O3. The molecule has 2 heterocycles. The molecule has 2 aliphatic heterocycles. The summed E-state index contributed by atoms with van der Waals surface area (Å²) in [6, 6.07) is 17.1. The van der Waals surface area contributed by atoms with Crippen LogP contribution in [0, 0.1) is 5.82 Å². The zero-order valence-electron chi connectivity index (χ0n) is 21.9. The van der Waals surface area contributed by atoms with Gasteiger partial charge < -0.3 is 14.5 Å². The molecule has 0 radical (unpaired) electrons. The van der Waals surface area contributed by atoms with Crippen molar-refractivity contribution in [2.45, 2.75) is 37.3 Å². The number of fused-ring (bicyclic) bond motifs is 2. The molecule has 1 saturated heterocycles. The smallest absolute Gasteiger partial charge is 0.412 e. The molecule has 1 unspecified atom stereocenters. The van der Waals surface area contributed by atoms with E-state index in [1.54, 1.807) is 36.2 Å². The molecule has 0 aromatic heterocycles. The van der Waals surface area contributed by atoms with Gasteiger partial charge in [0.15, 0.2) is 0 Å². The minimum Gasteiger partial charge on any atom is -0.438 e. The van der Waals surface area contributed by atoms with E-state index in [2.05, 4.69) is 10.2 Å². The molecule has 0 aliphatic carbocycles. The summed E-state index contributed by atoms with van der Waals surface area (Å²) in [5, 5.41) is 4.11. The Morgan fingerprint density at radius 1 is 1.07 bits per heavy atom. The number of hydrogen-bond donors (Lipinski definition) is 1. The zero-order chi connectivity index (χ0) is 28.4. The fourth-order valence-electron chi connectivity index (χ4n) is 5.61. The minimum absolute atomic E-state index is 0.0384. The predicted octanol–water partition coefficient (Wildman–Crippen LogP) is 7.47. The van der Waals surface area contributed by atoms with E-state index in [1.165, 1.54) is 12.1 Å². The third kappa shape index (κ3) is 6.23. The first kappa shape index (κ1) is 28.7. The van der Waals surface area contributed by atoms with Gasteiger partial charge in [0.2, 0.25) is 5.91 Å². The van der Waals surface area contributed by atoms with Gasteiger partial charge in [-0.3, -0.25) is 10.1 Å². The fourth-order valence-corrected chi connectivity index (χ4v) is 6.13. The molecule has 210 valence electrons. The number of amides is 2. The largest absolute Gasteiger partial charge is 0.438 e. The van der Waals surface area contributed by atoms with Crippen molar-refractivity contribution in [3.05, 3.63) is 98.2 Å². The van der Waals surface area contributed by atoms with Gasteiger partial charge in [0.25, 0.3) is 0 Å². The Kier molecular flexibility index (Phi) is 8.57. The Labute approximate surface area is 247 Å². The van der Waals surface area contributed by atoms with Gasteiger partial charge in [0.05, 0.1) is 21.7 Å². The van der Waals surface area contributed by atoms with Crippen molar-refractivity contribution in [3.8, 4) is 0 Å². The standard InChI is InChI=1S/C30H29Cl3FN3O3/c1-36(18-19-3-2-4-21(31)15-19)28(38)23(20-5-7-25(32)26(33)16-20)9-12-37-13-10-30(11-14-37)24-17-22(34)6-8-27(24)35-29(39)40-30/h2-8,15-17,23H,9-14,18H2,1H3,(H,35,39). The Balaban J connectivity index is 1.30. The normalized spacial score (nSPS) is 17.1. The summed E-state index contributed by atoms with van der Waals surface area (Å²) in [5.41, 5.74) is 2.11. The van der Waals surface area contributed by atoms with E-state index in [-0.39, 0.29) is 11.7 Å². The SMILES string of the molecule is CN(Cc1cccc(Cl)c1)C(=O)C(CCN1CCC2(CC1)OC(=O)Nc1ccc(F)cc12)c1ccc(Cl)c(Cl)c1. The maximum absolute atomic E-state index is 14.1. The van der Waals surface area contributed by atoms with E-state index >= 15 is 0 Å². The third-order valence-electron chi connectivity index (χ3n) is 7.72. The number of anilines is 1. The zero-order valence-corrected chi connectivity index (χ0v) is 24.2. The minimum atomic E-state index is -0.869. The lowest BCUT2D eigenvalue weighted by Crippen LogP contribution is -2.48. The van der Waals surface area contributed by atoms with E-state index < -0.39 is 17.6 Å². The summed E-state index contributed by atoms with van der Waals surface area (Å²) in [5.74, 6) is -0.852. The number of nitrogens with one attached hydrogen (secondary N) is 1. The first-order chi connectivity index (χ1) is 19.1. The van der Waals surface area contributed by atoms with Gasteiger partial charge >= 0.3 is 6.09 Å². The number of carbonyl (C=O) groups is 2. The highest BCUT2D eigenvalue weighted by molar-refractivity contribution is 6.42. The summed E-state index contributed by atoms with van der Waals surface area (Å²) in [4.78, 5) is 30.0. The van der Waals surface area contributed by atoms with Crippen molar-refractivity contribution in [1.82, 2.24) is 9.80 Å². The number of halogens is 4.